The first-order valence-corrected chi connectivity index (χ1v) is 29.3. The average molecular weight is 1070 g/mol. The Kier molecular flexibility index (Phi) is 12.2. The summed E-state index contributed by atoms with van der Waals surface area (Å²) in [4.78, 5) is 7.43. The Labute approximate surface area is 493 Å². The van der Waals surface area contributed by atoms with E-state index in [2.05, 4.69) is 342 Å². The zero-order valence-electron chi connectivity index (χ0n) is 46.3. The summed E-state index contributed by atoms with van der Waals surface area (Å²) in [7, 11) is 0. The van der Waals surface area contributed by atoms with E-state index in [0.717, 1.165) is 50.4 Å². The maximum absolute atomic E-state index is 2.48. The molecule has 0 unspecified atom stereocenters. The first-order chi connectivity index (χ1) is 41.7. The summed E-state index contributed by atoms with van der Waals surface area (Å²) in [5.41, 5.74) is 28.9. The summed E-state index contributed by atoms with van der Waals surface area (Å²) in [5.74, 6) is 0. The van der Waals surface area contributed by atoms with Crippen molar-refractivity contribution in [1.29, 1.82) is 0 Å². The largest absolute Gasteiger partial charge is 0.312 e. The van der Waals surface area contributed by atoms with E-state index in [0.29, 0.717) is 0 Å². The molecule has 3 aliphatic rings. The molecule has 16 rings (SSSR count). The van der Waals surface area contributed by atoms with Crippen molar-refractivity contribution in [2.24, 2.45) is 0 Å². The summed E-state index contributed by atoms with van der Waals surface area (Å²) in [6.45, 7) is 0.150. The lowest BCUT2D eigenvalue weighted by Crippen LogP contribution is -2.57. The third-order valence-corrected chi connectivity index (χ3v) is 17.6. The molecule has 0 aliphatic carbocycles. The van der Waals surface area contributed by atoms with Crippen LogP contribution in [-0.2, 0) is 0 Å². The highest BCUT2D eigenvalue weighted by molar-refractivity contribution is 6.99. The van der Waals surface area contributed by atoms with Crippen LogP contribution in [0, 0.1) is 0 Å². The molecule has 13 aromatic rings. The van der Waals surface area contributed by atoms with Crippen molar-refractivity contribution in [2.45, 2.75) is 0 Å². The minimum Gasteiger partial charge on any atom is -0.312 e. The molecular formula is C78H54B3N3. The van der Waals surface area contributed by atoms with E-state index in [-0.39, 0.29) is 20.1 Å². The van der Waals surface area contributed by atoms with Gasteiger partial charge in [0.05, 0.1) is 0 Å². The predicted molar refractivity (Wildman–Crippen MR) is 360 cm³/mol. The third-order valence-electron chi connectivity index (χ3n) is 17.6. The number of anilines is 9. The molecule has 84 heavy (non-hydrogen) atoms. The van der Waals surface area contributed by atoms with Crippen molar-refractivity contribution < 1.29 is 0 Å². The van der Waals surface area contributed by atoms with Gasteiger partial charge in [-0.1, -0.05) is 253 Å². The number of para-hydroxylation sites is 6. The molecule has 0 N–H and O–H groups in total. The SMILES string of the molecule is c1ccc(B2c3ccccc3N(c3ccccc3)c3cc(-c4cc(-c5ccc6c(c5)N(c5ccccc5)c5ccccc5B6c5ccccc5)cc(-c5ccc6c(c5)N(c5ccccc5)c5ccccc5B6c5ccccc5)c4)ccc32)cc1. The van der Waals surface area contributed by atoms with Gasteiger partial charge in [-0.05, 0) is 157 Å². The summed E-state index contributed by atoms with van der Waals surface area (Å²) < 4.78 is 0. The molecule has 0 amide bonds. The predicted octanol–water partition coefficient (Wildman–Crippen LogP) is 13.6. The van der Waals surface area contributed by atoms with E-state index in [4.69, 9.17) is 0 Å². The lowest BCUT2D eigenvalue weighted by molar-refractivity contribution is 1.29. The van der Waals surface area contributed by atoms with E-state index in [9.17, 15) is 0 Å². The molecule has 0 radical (unpaired) electrons. The fraction of sp³-hybridized carbons (Fsp3) is 0. The zero-order valence-corrected chi connectivity index (χ0v) is 46.3. The highest BCUT2D eigenvalue weighted by Gasteiger charge is 2.39. The van der Waals surface area contributed by atoms with Crippen LogP contribution < -0.4 is 63.9 Å². The molecule has 0 spiro atoms. The summed E-state index contributed by atoms with van der Waals surface area (Å²) >= 11 is 0. The van der Waals surface area contributed by atoms with Gasteiger partial charge in [0.25, 0.3) is 0 Å². The van der Waals surface area contributed by atoms with Gasteiger partial charge in [0, 0.05) is 51.2 Å². The molecule has 0 bridgehead atoms. The Hall–Kier alpha value is -10.5. The van der Waals surface area contributed by atoms with E-state index < -0.39 is 0 Å². The Morgan fingerprint density at radius 1 is 0.167 bits per heavy atom. The van der Waals surface area contributed by atoms with Gasteiger partial charge in [-0.25, -0.2) is 0 Å². The number of fused-ring (bicyclic) bond motifs is 6. The van der Waals surface area contributed by atoms with Crippen LogP contribution in [0.2, 0.25) is 0 Å². The summed E-state index contributed by atoms with van der Waals surface area (Å²) in [5, 5.41) is 0. The number of rotatable bonds is 9. The van der Waals surface area contributed by atoms with Crippen molar-refractivity contribution in [3.63, 3.8) is 0 Å². The molecule has 0 aromatic heterocycles. The number of hydrogen-bond donors (Lipinski definition) is 0. The molecule has 3 aliphatic heterocycles. The Balaban J connectivity index is 0.931. The number of nitrogens with zero attached hydrogens (tertiary/aromatic N) is 3. The van der Waals surface area contributed by atoms with Crippen molar-refractivity contribution >= 4 is 120 Å². The second-order valence-corrected chi connectivity index (χ2v) is 22.3. The highest BCUT2D eigenvalue weighted by Crippen LogP contribution is 2.44. The molecular weight excluding hydrogens is 1010 g/mol. The standard InChI is InChI=1S/C78H54B3N3/c1-7-25-61(26-8-1)79-67-37-19-22-40-73(67)82(64-31-13-4-14-32-64)76-52-55(43-46-70(76)79)58-49-59(56-44-47-71-77(53-56)83(65-33-15-5-16-34-65)74-41-23-20-38-68(74)80(71)62-27-9-2-10-28-62)51-60(50-58)57-45-48-72-78(54-57)84(66-35-17-6-18-36-66)75-42-24-21-39-69(75)81(72)63-29-11-3-12-30-63/h1-54H. The number of benzene rings is 13. The van der Waals surface area contributed by atoms with Gasteiger partial charge in [-0.2, -0.15) is 0 Å². The smallest absolute Gasteiger partial charge is 0.246 e. The highest BCUT2D eigenvalue weighted by atomic mass is 15.2. The van der Waals surface area contributed by atoms with Crippen LogP contribution in [0.3, 0.4) is 0 Å². The number of hydrogen-bond acceptors (Lipinski definition) is 3. The molecule has 0 saturated carbocycles. The van der Waals surface area contributed by atoms with Gasteiger partial charge >= 0.3 is 0 Å². The third kappa shape index (κ3) is 8.40. The fourth-order valence-corrected chi connectivity index (χ4v) is 13.9. The molecule has 13 aromatic carbocycles. The molecule has 6 heteroatoms. The van der Waals surface area contributed by atoms with Crippen molar-refractivity contribution in [3.8, 4) is 33.4 Å². The van der Waals surface area contributed by atoms with Gasteiger partial charge in [0.1, 0.15) is 0 Å². The second-order valence-electron chi connectivity index (χ2n) is 22.3. The van der Waals surface area contributed by atoms with Crippen molar-refractivity contribution in [3.05, 3.63) is 328 Å². The molecule has 0 atom stereocenters. The van der Waals surface area contributed by atoms with E-state index >= 15 is 0 Å². The molecule has 3 heterocycles. The monoisotopic (exact) mass is 1070 g/mol. The van der Waals surface area contributed by atoms with Crippen molar-refractivity contribution in [2.75, 3.05) is 14.7 Å². The first kappa shape index (κ1) is 49.3. The Bertz CT molecular complexity index is 4100. The fourth-order valence-electron chi connectivity index (χ4n) is 13.9. The minimum absolute atomic E-state index is 0.0501. The van der Waals surface area contributed by atoms with Crippen LogP contribution in [-0.4, -0.2) is 20.1 Å². The molecule has 0 saturated heterocycles. The van der Waals surface area contributed by atoms with Crippen LogP contribution >= 0.6 is 0 Å². The van der Waals surface area contributed by atoms with E-state index in [1.165, 1.54) is 83.3 Å². The minimum atomic E-state index is 0.0501. The van der Waals surface area contributed by atoms with Gasteiger partial charge in [0.2, 0.25) is 20.1 Å². The van der Waals surface area contributed by atoms with Gasteiger partial charge in [-0.3, -0.25) is 0 Å². The lowest BCUT2D eigenvalue weighted by atomic mass is 9.35. The second kappa shape index (κ2) is 20.8. The quantitative estimate of drug-likeness (QED) is 0.133. The molecule has 390 valence electrons. The lowest BCUT2D eigenvalue weighted by Gasteiger charge is -2.37. The van der Waals surface area contributed by atoms with E-state index in [1.54, 1.807) is 0 Å². The summed E-state index contributed by atoms with van der Waals surface area (Å²) in [6, 6.07) is 122. The first-order valence-electron chi connectivity index (χ1n) is 29.3. The molecule has 0 fully saturated rings. The maximum atomic E-state index is 2.48. The summed E-state index contributed by atoms with van der Waals surface area (Å²) in [6.07, 6.45) is 0. The van der Waals surface area contributed by atoms with E-state index in [1.807, 2.05) is 0 Å². The van der Waals surface area contributed by atoms with Crippen LogP contribution in [0.1, 0.15) is 0 Å². The van der Waals surface area contributed by atoms with Crippen LogP contribution in [0.5, 0.6) is 0 Å². The van der Waals surface area contributed by atoms with Crippen LogP contribution in [0.15, 0.2) is 328 Å². The van der Waals surface area contributed by atoms with Crippen LogP contribution in [0.4, 0.5) is 51.2 Å². The van der Waals surface area contributed by atoms with Gasteiger partial charge in [0.15, 0.2) is 0 Å². The normalized spacial score (nSPS) is 12.9. The van der Waals surface area contributed by atoms with Crippen LogP contribution in [0.25, 0.3) is 33.4 Å². The van der Waals surface area contributed by atoms with Gasteiger partial charge in [-0.15, -0.1) is 0 Å². The average Bonchev–Trinajstić information content (AvgIpc) is 1.07. The Morgan fingerprint density at radius 3 is 0.667 bits per heavy atom. The zero-order chi connectivity index (χ0) is 55.5. The molecule has 3 nitrogen and oxygen atoms in total. The maximum Gasteiger partial charge on any atom is 0.246 e. The van der Waals surface area contributed by atoms with Crippen molar-refractivity contribution in [1.82, 2.24) is 0 Å². The topological polar surface area (TPSA) is 9.72 Å². The van der Waals surface area contributed by atoms with Gasteiger partial charge < -0.3 is 14.7 Å². The Morgan fingerprint density at radius 2 is 0.393 bits per heavy atom.